The van der Waals surface area contributed by atoms with Gasteiger partial charge in [-0.15, -0.1) is 11.3 Å². The number of hydrogen-bond donors (Lipinski definition) is 1. The van der Waals surface area contributed by atoms with E-state index in [1.807, 2.05) is 86.5 Å². The van der Waals surface area contributed by atoms with Crippen molar-refractivity contribution in [2.45, 2.75) is 40.7 Å². The van der Waals surface area contributed by atoms with Gasteiger partial charge < -0.3 is 24.6 Å². The maximum absolute atomic E-state index is 13.7. The van der Waals surface area contributed by atoms with E-state index >= 15 is 0 Å². The number of thiophene rings is 1. The highest BCUT2D eigenvalue weighted by atomic mass is 32.1. The first kappa shape index (κ1) is 29.0. The van der Waals surface area contributed by atoms with Gasteiger partial charge in [0.15, 0.2) is 11.5 Å². The highest BCUT2D eigenvalue weighted by Crippen LogP contribution is 2.28. The van der Waals surface area contributed by atoms with Crippen LogP contribution in [0.25, 0.3) is 0 Å². The summed E-state index contributed by atoms with van der Waals surface area (Å²) >= 11 is 1.62. The Morgan fingerprint density at radius 1 is 0.947 bits per heavy atom. The molecule has 2 aromatic carbocycles. The zero-order valence-electron chi connectivity index (χ0n) is 23.2. The Morgan fingerprint density at radius 3 is 2.26 bits per heavy atom. The molecule has 1 N–H and O–H groups in total. The number of amides is 3. The van der Waals surface area contributed by atoms with E-state index in [9.17, 15) is 9.59 Å². The topological polar surface area (TPSA) is 71.1 Å². The normalized spacial score (nSPS) is 10.8. The Bertz CT molecular complexity index is 1190. The van der Waals surface area contributed by atoms with Crippen molar-refractivity contribution in [3.8, 4) is 11.5 Å². The second kappa shape index (κ2) is 13.9. The van der Waals surface area contributed by atoms with Crippen molar-refractivity contribution in [3.05, 3.63) is 75.5 Å². The Labute approximate surface area is 230 Å². The van der Waals surface area contributed by atoms with Crippen LogP contribution in [-0.4, -0.2) is 55.6 Å². The minimum atomic E-state index is -0.264. The Kier molecular flexibility index (Phi) is 10.6. The fraction of sp³-hybridized carbons (Fsp3) is 0.400. The lowest BCUT2D eigenvalue weighted by atomic mass is 10.1. The molecule has 0 saturated carbocycles. The number of methoxy groups -OCH3 is 2. The molecule has 1 aromatic heterocycles. The average molecular weight is 538 g/mol. The molecule has 0 bridgehead atoms. The van der Waals surface area contributed by atoms with Crippen LogP contribution in [0, 0.1) is 19.8 Å². The lowest BCUT2D eigenvalue weighted by Gasteiger charge is -2.29. The predicted molar refractivity (Wildman–Crippen MR) is 154 cm³/mol. The van der Waals surface area contributed by atoms with Crippen LogP contribution < -0.4 is 14.8 Å². The summed E-state index contributed by atoms with van der Waals surface area (Å²) in [4.78, 5) is 31.6. The van der Waals surface area contributed by atoms with Crippen LogP contribution >= 0.6 is 11.3 Å². The van der Waals surface area contributed by atoms with Crippen LogP contribution in [-0.2, 0) is 17.8 Å². The maximum Gasteiger partial charge on any atom is 0.322 e. The molecule has 0 saturated heterocycles. The van der Waals surface area contributed by atoms with E-state index in [1.54, 1.807) is 30.5 Å². The number of nitrogens with zero attached hydrogens (tertiary/aromatic N) is 2. The fourth-order valence-corrected chi connectivity index (χ4v) is 5.02. The molecule has 3 aromatic rings. The summed E-state index contributed by atoms with van der Waals surface area (Å²) in [5.41, 5.74) is 3.81. The van der Waals surface area contributed by atoms with E-state index in [1.165, 1.54) is 0 Å². The van der Waals surface area contributed by atoms with Crippen molar-refractivity contribution in [2.75, 3.05) is 39.2 Å². The van der Waals surface area contributed by atoms with Crippen molar-refractivity contribution < 1.29 is 19.1 Å². The van der Waals surface area contributed by atoms with E-state index in [0.717, 1.165) is 27.3 Å². The van der Waals surface area contributed by atoms with Gasteiger partial charge in [0, 0.05) is 23.7 Å². The number of para-hydroxylation sites is 1. The van der Waals surface area contributed by atoms with Gasteiger partial charge in [-0.2, -0.15) is 0 Å². The summed E-state index contributed by atoms with van der Waals surface area (Å²) in [5.74, 6) is 1.45. The van der Waals surface area contributed by atoms with Gasteiger partial charge in [0.05, 0.1) is 20.8 Å². The Balaban J connectivity index is 1.77. The molecule has 204 valence electrons. The van der Waals surface area contributed by atoms with Crippen molar-refractivity contribution in [1.82, 2.24) is 9.80 Å². The summed E-state index contributed by atoms with van der Waals surface area (Å²) in [7, 11) is 3.22. The molecule has 0 unspecified atom stereocenters. The molecule has 7 nitrogen and oxygen atoms in total. The number of hydrogen-bond acceptors (Lipinski definition) is 5. The molecule has 8 heteroatoms. The van der Waals surface area contributed by atoms with Gasteiger partial charge in [-0.25, -0.2) is 4.79 Å². The summed E-state index contributed by atoms with van der Waals surface area (Å²) in [6, 6.07) is 15.5. The largest absolute Gasteiger partial charge is 0.493 e. The second-order valence-corrected chi connectivity index (χ2v) is 10.8. The number of benzene rings is 2. The summed E-state index contributed by atoms with van der Waals surface area (Å²) in [6.45, 7) is 9.53. The average Bonchev–Trinajstić information content (AvgIpc) is 3.41. The van der Waals surface area contributed by atoms with Crippen molar-refractivity contribution in [1.29, 1.82) is 0 Å². The van der Waals surface area contributed by atoms with Crippen molar-refractivity contribution >= 4 is 29.0 Å². The van der Waals surface area contributed by atoms with Crippen LogP contribution in [0.1, 0.15) is 35.4 Å². The smallest absolute Gasteiger partial charge is 0.322 e. The predicted octanol–water partition coefficient (Wildman–Crippen LogP) is 6.14. The minimum Gasteiger partial charge on any atom is -0.493 e. The number of carbonyl (C=O) groups is 2. The standard InChI is InChI=1S/C30H39N3O4S/c1-21(2)18-33(30(35)31-29-22(3)9-7-10-23(29)4)20-28(34)32(19-25-11-8-16-38-25)15-14-24-12-13-26(36-5)27(17-24)37-6/h7-13,16-17,21H,14-15,18-20H2,1-6H3,(H,31,35). The summed E-state index contributed by atoms with van der Waals surface area (Å²) in [6.07, 6.45) is 0.649. The van der Waals surface area contributed by atoms with Gasteiger partial charge in [-0.1, -0.05) is 44.2 Å². The molecule has 0 aliphatic carbocycles. The third-order valence-corrected chi connectivity index (χ3v) is 7.17. The molecule has 3 amide bonds. The van der Waals surface area contributed by atoms with Gasteiger partial charge >= 0.3 is 6.03 Å². The van der Waals surface area contributed by atoms with Gasteiger partial charge in [-0.3, -0.25) is 4.79 Å². The molecule has 0 fully saturated rings. The van der Waals surface area contributed by atoms with Crippen LogP contribution in [0.15, 0.2) is 53.9 Å². The second-order valence-electron chi connectivity index (χ2n) is 9.81. The molecule has 0 aliphatic heterocycles. The van der Waals surface area contributed by atoms with Crippen LogP contribution in [0.3, 0.4) is 0 Å². The fourth-order valence-electron chi connectivity index (χ4n) is 4.30. The van der Waals surface area contributed by atoms with Gasteiger partial charge in [0.2, 0.25) is 5.91 Å². The minimum absolute atomic E-state index is 0.00620. The molecule has 38 heavy (non-hydrogen) atoms. The van der Waals surface area contributed by atoms with Gasteiger partial charge in [-0.05, 0) is 66.5 Å². The summed E-state index contributed by atoms with van der Waals surface area (Å²) in [5, 5.41) is 5.06. The van der Waals surface area contributed by atoms with E-state index in [4.69, 9.17) is 9.47 Å². The molecule has 1 heterocycles. The van der Waals surface area contributed by atoms with E-state index in [-0.39, 0.29) is 24.4 Å². The lowest BCUT2D eigenvalue weighted by Crippen LogP contribution is -2.46. The highest BCUT2D eigenvalue weighted by molar-refractivity contribution is 7.09. The van der Waals surface area contributed by atoms with Gasteiger partial charge in [0.1, 0.15) is 6.54 Å². The molecule has 0 spiro atoms. The number of anilines is 1. The van der Waals surface area contributed by atoms with Crippen LogP contribution in [0.4, 0.5) is 10.5 Å². The van der Waals surface area contributed by atoms with Crippen LogP contribution in [0.2, 0.25) is 0 Å². The Hall–Kier alpha value is -3.52. The zero-order valence-corrected chi connectivity index (χ0v) is 24.1. The lowest BCUT2D eigenvalue weighted by molar-refractivity contribution is -0.132. The Morgan fingerprint density at radius 2 is 1.66 bits per heavy atom. The number of rotatable bonds is 12. The van der Waals surface area contributed by atoms with Crippen molar-refractivity contribution in [3.63, 3.8) is 0 Å². The third-order valence-electron chi connectivity index (χ3n) is 6.31. The molecular formula is C30H39N3O4S. The first-order chi connectivity index (χ1) is 18.2. The van der Waals surface area contributed by atoms with Crippen molar-refractivity contribution in [2.24, 2.45) is 5.92 Å². The van der Waals surface area contributed by atoms with Gasteiger partial charge in [0.25, 0.3) is 0 Å². The molecule has 0 atom stereocenters. The van der Waals surface area contributed by atoms with Crippen LogP contribution in [0.5, 0.6) is 11.5 Å². The SMILES string of the molecule is COc1ccc(CCN(Cc2cccs2)C(=O)CN(CC(C)C)C(=O)Nc2c(C)cccc2C)cc1OC. The molecular weight excluding hydrogens is 498 g/mol. The number of ether oxygens (including phenoxy) is 2. The molecule has 3 rings (SSSR count). The van der Waals surface area contributed by atoms with E-state index in [2.05, 4.69) is 5.32 Å². The number of nitrogens with one attached hydrogen (secondary N) is 1. The van der Waals surface area contributed by atoms with E-state index < -0.39 is 0 Å². The number of carbonyl (C=O) groups excluding carboxylic acids is 2. The molecule has 0 radical (unpaired) electrons. The van der Waals surface area contributed by atoms with E-state index in [0.29, 0.717) is 37.6 Å². The number of urea groups is 1. The maximum atomic E-state index is 13.7. The molecule has 0 aliphatic rings. The monoisotopic (exact) mass is 537 g/mol. The first-order valence-corrected chi connectivity index (χ1v) is 13.7. The quantitative estimate of drug-likeness (QED) is 0.301. The zero-order chi connectivity index (χ0) is 27.7. The number of aryl methyl sites for hydroxylation is 2. The highest BCUT2D eigenvalue weighted by Gasteiger charge is 2.23. The third kappa shape index (κ3) is 7.99. The summed E-state index contributed by atoms with van der Waals surface area (Å²) < 4.78 is 10.8. The first-order valence-electron chi connectivity index (χ1n) is 12.8.